The fourth-order valence-electron chi connectivity index (χ4n) is 12.3. The molecule has 7 nitrogen and oxygen atoms in total. The number of aliphatic hydroxyl groups excluding tert-OH is 1. The second-order valence-electron chi connectivity index (χ2n) is 17.2. The van der Waals surface area contributed by atoms with Gasteiger partial charge in [0.25, 0.3) is 0 Å². The maximum atomic E-state index is 13.0. The Balaban J connectivity index is 1.32. The van der Waals surface area contributed by atoms with Gasteiger partial charge >= 0.3 is 11.9 Å². The number of carboxylic acid groups (broad SMARTS) is 1. The molecule has 4 fully saturated rings. The third kappa shape index (κ3) is 4.36. The molecule has 0 saturated heterocycles. The van der Waals surface area contributed by atoms with Gasteiger partial charge in [0.2, 0.25) is 0 Å². The van der Waals surface area contributed by atoms with E-state index in [2.05, 4.69) is 54.5 Å². The third-order valence-corrected chi connectivity index (χ3v) is 15.0. The zero-order valence-corrected chi connectivity index (χ0v) is 28.6. The standard InChI is InChI=1S/C39H54O7/c1-23-14-18-38(33(43)44)21-20-37(7)36(6)17-15-28-34(3,4)32(46-30(42)13-10-25-8-11-26(40)12-9-25)27(41)22-35(28,5)29(36)16-19-39(37,45)31(38)24(23)2/h8-13,16,19,23-24,27-29,31-32,40-41,45H,14-15,17-18,20-22H2,1-7H3,(H,43,44)/t23-,24+,27-,28+,29-,31-,32+,35+,36-,37+,38+,39+/m1/s1. The Labute approximate surface area is 274 Å². The van der Waals surface area contributed by atoms with E-state index in [1.165, 1.54) is 6.08 Å². The predicted octanol–water partition coefficient (Wildman–Crippen LogP) is 7.00. The lowest BCUT2D eigenvalue weighted by Gasteiger charge is -2.74. The molecule has 0 aromatic heterocycles. The molecule has 252 valence electrons. The highest BCUT2D eigenvalue weighted by molar-refractivity contribution is 5.87. The smallest absolute Gasteiger partial charge is 0.331 e. The number of esters is 1. The van der Waals surface area contributed by atoms with Crippen LogP contribution in [-0.4, -0.2) is 50.2 Å². The molecule has 0 unspecified atom stereocenters. The van der Waals surface area contributed by atoms with E-state index in [1.54, 1.807) is 30.3 Å². The lowest BCUT2D eigenvalue weighted by molar-refractivity contribution is -0.284. The van der Waals surface area contributed by atoms with Gasteiger partial charge in [0, 0.05) is 22.8 Å². The highest BCUT2D eigenvalue weighted by Crippen LogP contribution is 2.76. The summed E-state index contributed by atoms with van der Waals surface area (Å²) in [7, 11) is 0. The third-order valence-electron chi connectivity index (χ3n) is 15.0. The quantitative estimate of drug-likeness (QED) is 0.160. The Morgan fingerprint density at radius 1 is 0.957 bits per heavy atom. The number of carbonyl (C=O) groups excluding carboxylic acids is 1. The van der Waals surface area contributed by atoms with Crippen molar-refractivity contribution in [1.29, 1.82) is 0 Å². The number of aliphatic carboxylic acids is 1. The molecule has 46 heavy (non-hydrogen) atoms. The van der Waals surface area contributed by atoms with Crippen molar-refractivity contribution in [3.05, 3.63) is 48.1 Å². The van der Waals surface area contributed by atoms with Gasteiger partial charge in [-0.25, -0.2) is 4.79 Å². The molecule has 0 aliphatic heterocycles. The van der Waals surface area contributed by atoms with Crippen molar-refractivity contribution in [3.63, 3.8) is 0 Å². The number of aromatic hydroxyl groups is 1. The van der Waals surface area contributed by atoms with Crippen molar-refractivity contribution in [2.45, 2.75) is 111 Å². The monoisotopic (exact) mass is 634 g/mol. The van der Waals surface area contributed by atoms with Gasteiger partial charge < -0.3 is 25.2 Å². The molecule has 1 aromatic rings. The lowest BCUT2D eigenvalue weighted by Crippen LogP contribution is -2.74. The van der Waals surface area contributed by atoms with Crippen molar-refractivity contribution in [1.82, 2.24) is 0 Å². The number of rotatable bonds is 4. The van der Waals surface area contributed by atoms with E-state index >= 15 is 0 Å². The second-order valence-corrected chi connectivity index (χ2v) is 17.2. The van der Waals surface area contributed by atoms with Gasteiger partial charge in [0.05, 0.1) is 17.1 Å². The summed E-state index contributed by atoms with van der Waals surface area (Å²) in [4.78, 5) is 26.0. The average Bonchev–Trinajstić information content (AvgIpc) is 2.97. The minimum Gasteiger partial charge on any atom is -0.508 e. The van der Waals surface area contributed by atoms with E-state index in [4.69, 9.17) is 4.74 Å². The first-order valence-electron chi connectivity index (χ1n) is 17.4. The number of ether oxygens (including phenoxy) is 1. The molecular formula is C39H54O7. The number of carbonyl (C=O) groups is 2. The number of carboxylic acids is 1. The molecule has 4 N–H and O–H groups in total. The van der Waals surface area contributed by atoms with Crippen molar-refractivity contribution >= 4 is 18.0 Å². The second kappa shape index (κ2) is 10.7. The largest absolute Gasteiger partial charge is 0.508 e. The Bertz CT molecular complexity index is 1450. The number of hydrogen-bond acceptors (Lipinski definition) is 6. The summed E-state index contributed by atoms with van der Waals surface area (Å²) >= 11 is 0. The Morgan fingerprint density at radius 2 is 1.63 bits per heavy atom. The first kappa shape index (κ1) is 33.3. The highest BCUT2D eigenvalue weighted by Gasteiger charge is 2.75. The number of benzene rings is 1. The fourth-order valence-corrected chi connectivity index (χ4v) is 12.3. The number of aliphatic hydroxyl groups is 2. The molecule has 0 amide bonds. The number of allylic oxidation sites excluding steroid dienone is 1. The summed E-state index contributed by atoms with van der Waals surface area (Å²) in [6.07, 6.45) is 10.6. The SMILES string of the molecule is C[C@H]1[C@H](C)CC[C@]2(C(=O)O)CC[C@]3(C)[C@](O)(C=C[C@@H]4[C@@]5(C)C[C@@H](O)[C@H](OC(=O)C=Cc6ccc(O)cc6)C(C)(C)[C@@H]5CC[C@]43C)[C@H]12. The molecule has 4 saturated carbocycles. The van der Waals surface area contributed by atoms with Crippen molar-refractivity contribution in [3.8, 4) is 5.75 Å². The van der Waals surface area contributed by atoms with Crippen LogP contribution in [0.3, 0.4) is 0 Å². The van der Waals surface area contributed by atoms with E-state index in [9.17, 15) is 30.0 Å². The average molecular weight is 635 g/mol. The van der Waals surface area contributed by atoms with Crippen molar-refractivity contribution in [2.24, 2.45) is 56.7 Å². The number of phenols is 1. The van der Waals surface area contributed by atoms with Gasteiger partial charge in [0.15, 0.2) is 0 Å². The summed E-state index contributed by atoms with van der Waals surface area (Å²) in [6, 6.07) is 6.55. The number of phenolic OH excluding ortho intramolecular Hbond substituents is 1. The summed E-state index contributed by atoms with van der Waals surface area (Å²) in [5.74, 6) is -0.886. The molecule has 0 heterocycles. The van der Waals surface area contributed by atoms with Crippen LogP contribution in [-0.2, 0) is 14.3 Å². The van der Waals surface area contributed by atoms with Crippen LogP contribution in [0.2, 0.25) is 0 Å². The fraction of sp³-hybridized carbons (Fsp3) is 0.692. The van der Waals surface area contributed by atoms with Crippen LogP contribution in [0.1, 0.15) is 99.0 Å². The lowest BCUT2D eigenvalue weighted by atomic mass is 9.31. The molecular weight excluding hydrogens is 580 g/mol. The summed E-state index contributed by atoms with van der Waals surface area (Å²) in [5.41, 5.74) is -3.12. The van der Waals surface area contributed by atoms with Crippen LogP contribution < -0.4 is 0 Å². The Hall–Kier alpha value is -2.64. The normalized spacial score (nSPS) is 47.6. The van der Waals surface area contributed by atoms with Crippen LogP contribution in [0.4, 0.5) is 0 Å². The van der Waals surface area contributed by atoms with Gasteiger partial charge in [-0.2, -0.15) is 0 Å². The summed E-state index contributed by atoms with van der Waals surface area (Å²) in [5, 5.41) is 45.0. The minimum atomic E-state index is -1.25. The van der Waals surface area contributed by atoms with Crippen LogP contribution in [0.25, 0.3) is 6.08 Å². The maximum absolute atomic E-state index is 13.0. The molecule has 12 atom stereocenters. The van der Waals surface area contributed by atoms with Crippen molar-refractivity contribution < 1.29 is 34.8 Å². The molecule has 0 spiro atoms. The minimum absolute atomic E-state index is 0.0534. The molecule has 0 radical (unpaired) electrons. The maximum Gasteiger partial charge on any atom is 0.331 e. The van der Waals surface area contributed by atoms with E-state index in [0.29, 0.717) is 31.6 Å². The molecule has 6 rings (SSSR count). The topological polar surface area (TPSA) is 124 Å². The van der Waals surface area contributed by atoms with Crippen LogP contribution >= 0.6 is 0 Å². The van der Waals surface area contributed by atoms with Crippen molar-refractivity contribution in [2.75, 3.05) is 0 Å². The van der Waals surface area contributed by atoms with E-state index < -0.39 is 46.0 Å². The zero-order chi connectivity index (χ0) is 33.7. The van der Waals surface area contributed by atoms with E-state index in [0.717, 1.165) is 24.8 Å². The number of fused-ring (bicyclic) bond motifs is 7. The molecule has 0 bridgehead atoms. The van der Waals surface area contributed by atoms with Gasteiger partial charge in [-0.1, -0.05) is 72.8 Å². The predicted molar refractivity (Wildman–Crippen MR) is 176 cm³/mol. The van der Waals surface area contributed by atoms with Gasteiger partial charge in [-0.3, -0.25) is 4.79 Å². The Morgan fingerprint density at radius 3 is 2.28 bits per heavy atom. The van der Waals surface area contributed by atoms with Crippen LogP contribution in [0.15, 0.2) is 42.5 Å². The summed E-state index contributed by atoms with van der Waals surface area (Å²) in [6.45, 7) is 15.4. The van der Waals surface area contributed by atoms with Gasteiger partial charge in [0.1, 0.15) is 11.9 Å². The molecule has 5 aliphatic carbocycles. The Kier molecular flexibility index (Phi) is 7.73. The van der Waals surface area contributed by atoms with E-state index in [1.807, 2.05) is 6.08 Å². The zero-order valence-electron chi connectivity index (χ0n) is 28.6. The number of hydrogen-bond donors (Lipinski definition) is 4. The van der Waals surface area contributed by atoms with Gasteiger partial charge in [-0.15, -0.1) is 0 Å². The first-order valence-corrected chi connectivity index (χ1v) is 17.4. The highest BCUT2D eigenvalue weighted by atomic mass is 16.6. The molecule has 5 aliphatic rings. The van der Waals surface area contributed by atoms with Crippen LogP contribution in [0, 0.1) is 56.7 Å². The summed E-state index contributed by atoms with van der Waals surface area (Å²) < 4.78 is 6.02. The molecule has 7 heteroatoms. The van der Waals surface area contributed by atoms with E-state index in [-0.39, 0.29) is 40.3 Å². The molecule has 1 aromatic carbocycles. The van der Waals surface area contributed by atoms with Gasteiger partial charge in [-0.05, 0) is 103 Å². The first-order chi connectivity index (χ1) is 21.4. The van der Waals surface area contributed by atoms with Crippen LogP contribution in [0.5, 0.6) is 5.75 Å².